The Balaban J connectivity index is 1.70. The molecule has 8 heteroatoms. The number of anilines is 1. The average Bonchev–Trinajstić information content (AvgIpc) is 2.98. The van der Waals surface area contributed by atoms with Crippen LogP contribution in [0.5, 0.6) is 0 Å². The molecule has 8 nitrogen and oxygen atoms in total. The summed E-state index contributed by atoms with van der Waals surface area (Å²) in [6, 6.07) is 4.80. The molecular weight excluding hydrogens is 336 g/mol. The van der Waals surface area contributed by atoms with Gasteiger partial charge >= 0.3 is 5.97 Å². The number of hydrogen-bond donors (Lipinski definition) is 0. The van der Waals surface area contributed by atoms with Gasteiger partial charge in [0.15, 0.2) is 0 Å². The van der Waals surface area contributed by atoms with E-state index in [0.717, 1.165) is 38.3 Å². The Kier molecular flexibility index (Phi) is 5.72. The second-order valence-corrected chi connectivity index (χ2v) is 6.34. The van der Waals surface area contributed by atoms with Gasteiger partial charge in [0, 0.05) is 25.7 Å². The van der Waals surface area contributed by atoms with E-state index in [-0.39, 0.29) is 24.5 Å². The lowest BCUT2D eigenvalue weighted by Crippen LogP contribution is -2.31. The van der Waals surface area contributed by atoms with Crippen LogP contribution >= 0.6 is 0 Å². The number of likely N-dealkylation sites (N-methyl/N-ethyl adjacent to an activating group) is 1. The summed E-state index contributed by atoms with van der Waals surface area (Å²) in [5, 5.41) is 4.26. The van der Waals surface area contributed by atoms with Crippen LogP contribution in [0.25, 0.3) is 0 Å². The molecule has 2 aromatic rings. The molecule has 0 spiro atoms. The second kappa shape index (κ2) is 8.18. The molecule has 1 aliphatic rings. The molecule has 26 heavy (non-hydrogen) atoms. The van der Waals surface area contributed by atoms with Crippen molar-refractivity contribution >= 4 is 11.7 Å². The summed E-state index contributed by atoms with van der Waals surface area (Å²) in [6.07, 6.45) is 2.77. The smallest absolute Gasteiger partial charge is 0.374 e. The largest absolute Gasteiger partial charge is 0.460 e. The minimum Gasteiger partial charge on any atom is -0.460 e. The van der Waals surface area contributed by atoms with Gasteiger partial charge in [-0.05, 0) is 39.1 Å². The SMILES string of the molecule is CCOC(=O)c1ccc(Cn2ncc(N3CCCN(C)CC3)cc2=O)o1. The first-order valence-electron chi connectivity index (χ1n) is 8.83. The number of esters is 1. The first-order chi connectivity index (χ1) is 12.6. The lowest BCUT2D eigenvalue weighted by Gasteiger charge is -2.22. The van der Waals surface area contributed by atoms with Crippen LogP contribution in [0.15, 0.2) is 33.6 Å². The Bertz CT molecular complexity index is 814. The second-order valence-electron chi connectivity index (χ2n) is 6.34. The fourth-order valence-electron chi connectivity index (χ4n) is 2.94. The summed E-state index contributed by atoms with van der Waals surface area (Å²) in [5.41, 5.74) is 0.641. The van der Waals surface area contributed by atoms with Gasteiger partial charge in [0.2, 0.25) is 5.76 Å². The van der Waals surface area contributed by atoms with Crippen LogP contribution in [0.2, 0.25) is 0 Å². The fraction of sp³-hybridized carbons (Fsp3) is 0.500. The normalized spacial score (nSPS) is 15.7. The van der Waals surface area contributed by atoms with Gasteiger partial charge in [-0.3, -0.25) is 4.79 Å². The van der Waals surface area contributed by atoms with Crippen molar-refractivity contribution in [3.8, 4) is 0 Å². The molecule has 2 aromatic heterocycles. The van der Waals surface area contributed by atoms with Crippen LogP contribution in [0.3, 0.4) is 0 Å². The maximum absolute atomic E-state index is 12.4. The summed E-state index contributed by atoms with van der Waals surface area (Å²) < 4.78 is 11.7. The molecule has 0 aliphatic carbocycles. The van der Waals surface area contributed by atoms with Crippen molar-refractivity contribution < 1.29 is 13.9 Å². The number of rotatable bonds is 5. The van der Waals surface area contributed by atoms with Crippen molar-refractivity contribution in [2.45, 2.75) is 19.9 Å². The Hall–Kier alpha value is -2.61. The first-order valence-corrected chi connectivity index (χ1v) is 8.83. The summed E-state index contributed by atoms with van der Waals surface area (Å²) in [5.74, 6) is 0.0903. The van der Waals surface area contributed by atoms with Gasteiger partial charge in [0.05, 0.1) is 18.5 Å². The van der Waals surface area contributed by atoms with Crippen LogP contribution in [0.4, 0.5) is 5.69 Å². The molecule has 0 bridgehead atoms. The van der Waals surface area contributed by atoms with Gasteiger partial charge in [-0.25, -0.2) is 9.48 Å². The predicted octanol–water partition coefficient (Wildman–Crippen LogP) is 1.20. The Labute approximate surface area is 152 Å². The molecule has 0 N–H and O–H groups in total. The number of nitrogens with zero attached hydrogens (tertiary/aromatic N) is 4. The lowest BCUT2D eigenvalue weighted by molar-refractivity contribution is 0.0487. The summed E-state index contributed by atoms with van der Waals surface area (Å²) in [6.45, 7) is 5.99. The zero-order valence-electron chi connectivity index (χ0n) is 15.2. The van der Waals surface area contributed by atoms with Gasteiger partial charge in [-0.15, -0.1) is 0 Å². The zero-order valence-corrected chi connectivity index (χ0v) is 15.2. The summed E-state index contributed by atoms with van der Waals surface area (Å²) in [7, 11) is 2.10. The molecule has 3 heterocycles. The van der Waals surface area contributed by atoms with Crippen LogP contribution in [-0.2, 0) is 11.3 Å². The van der Waals surface area contributed by atoms with E-state index in [1.54, 1.807) is 31.3 Å². The molecule has 1 fully saturated rings. The van der Waals surface area contributed by atoms with Gasteiger partial charge in [-0.1, -0.05) is 0 Å². The monoisotopic (exact) mass is 360 g/mol. The van der Waals surface area contributed by atoms with E-state index in [0.29, 0.717) is 5.76 Å². The summed E-state index contributed by atoms with van der Waals surface area (Å²) >= 11 is 0. The molecule has 0 amide bonds. The Morgan fingerprint density at radius 1 is 1.27 bits per heavy atom. The molecule has 140 valence electrons. The van der Waals surface area contributed by atoms with Crippen LogP contribution in [-0.4, -0.2) is 60.5 Å². The Morgan fingerprint density at radius 2 is 2.12 bits per heavy atom. The minimum absolute atomic E-state index is 0.125. The third-order valence-corrected chi connectivity index (χ3v) is 4.38. The fourth-order valence-corrected chi connectivity index (χ4v) is 2.94. The van der Waals surface area contributed by atoms with Crippen molar-refractivity contribution in [2.24, 2.45) is 0 Å². The van der Waals surface area contributed by atoms with Crippen molar-refractivity contribution in [1.82, 2.24) is 14.7 Å². The van der Waals surface area contributed by atoms with E-state index in [9.17, 15) is 9.59 Å². The van der Waals surface area contributed by atoms with Crippen molar-refractivity contribution in [1.29, 1.82) is 0 Å². The number of hydrogen-bond acceptors (Lipinski definition) is 7. The highest BCUT2D eigenvalue weighted by Crippen LogP contribution is 2.14. The number of aromatic nitrogens is 2. The van der Waals surface area contributed by atoms with Crippen LogP contribution in [0, 0.1) is 0 Å². The van der Waals surface area contributed by atoms with Crippen LogP contribution < -0.4 is 10.5 Å². The van der Waals surface area contributed by atoms with E-state index in [1.165, 1.54) is 4.68 Å². The molecule has 0 aromatic carbocycles. The number of carbonyl (C=O) groups excluding carboxylic acids is 1. The summed E-state index contributed by atoms with van der Waals surface area (Å²) in [4.78, 5) is 28.5. The predicted molar refractivity (Wildman–Crippen MR) is 96.6 cm³/mol. The number of furan rings is 1. The van der Waals surface area contributed by atoms with E-state index >= 15 is 0 Å². The third kappa shape index (κ3) is 4.32. The zero-order chi connectivity index (χ0) is 18.5. The standard InChI is InChI=1S/C18H24N4O4/c1-3-25-18(24)16-6-5-15(26-16)13-22-17(23)11-14(12-19-22)21-8-4-7-20(2)9-10-21/h5-6,11-12H,3-4,7-10,13H2,1-2H3. The van der Waals surface area contributed by atoms with Gasteiger partial charge in [0.1, 0.15) is 12.3 Å². The molecule has 0 saturated carbocycles. The topological polar surface area (TPSA) is 80.8 Å². The molecule has 1 saturated heterocycles. The molecule has 0 unspecified atom stereocenters. The van der Waals surface area contributed by atoms with Crippen molar-refractivity contribution in [3.63, 3.8) is 0 Å². The van der Waals surface area contributed by atoms with Crippen molar-refractivity contribution in [2.75, 3.05) is 44.7 Å². The number of ether oxygens (including phenoxy) is 1. The number of carbonyl (C=O) groups is 1. The molecule has 3 rings (SSSR count). The highest BCUT2D eigenvalue weighted by Gasteiger charge is 2.15. The quantitative estimate of drug-likeness (QED) is 0.741. The van der Waals surface area contributed by atoms with E-state index < -0.39 is 5.97 Å². The lowest BCUT2D eigenvalue weighted by atomic mass is 10.3. The van der Waals surface area contributed by atoms with E-state index in [4.69, 9.17) is 9.15 Å². The maximum Gasteiger partial charge on any atom is 0.374 e. The van der Waals surface area contributed by atoms with Gasteiger partial charge < -0.3 is 19.0 Å². The molecule has 0 radical (unpaired) electrons. The minimum atomic E-state index is -0.513. The molecule has 1 aliphatic heterocycles. The first kappa shape index (κ1) is 18.2. The van der Waals surface area contributed by atoms with E-state index in [2.05, 4.69) is 21.9 Å². The van der Waals surface area contributed by atoms with Crippen molar-refractivity contribution in [3.05, 3.63) is 46.3 Å². The van der Waals surface area contributed by atoms with Crippen LogP contribution in [0.1, 0.15) is 29.7 Å². The highest BCUT2D eigenvalue weighted by atomic mass is 16.5. The van der Waals surface area contributed by atoms with Gasteiger partial charge in [-0.2, -0.15) is 5.10 Å². The van der Waals surface area contributed by atoms with Gasteiger partial charge in [0.25, 0.3) is 5.56 Å². The molecule has 0 atom stereocenters. The highest BCUT2D eigenvalue weighted by molar-refractivity contribution is 5.86. The Morgan fingerprint density at radius 3 is 2.88 bits per heavy atom. The van der Waals surface area contributed by atoms with E-state index in [1.807, 2.05) is 0 Å². The molecular formula is C18H24N4O4. The third-order valence-electron chi connectivity index (χ3n) is 4.38. The average molecular weight is 360 g/mol. The maximum atomic E-state index is 12.4.